The highest BCUT2D eigenvalue weighted by molar-refractivity contribution is 9.10. The van der Waals surface area contributed by atoms with Crippen LogP contribution in [-0.2, 0) is 4.79 Å². The molecular weight excluding hydrogens is 313 g/mol. The van der Waals surface area contributed by atoms with Gasteiger partial charge < -0.3 is 5.11 Å². The Kier molecular flexibility index (Phi) is 4.26. The molecule has 104 valence electrons. The predicted octanol–water partition coefficient (Wildman–Crippen LogP) is 3.30. The molecular formula is C14H17BrFNO2. The zero-order valence-corrected chi connectivity index (χ0v) is 12.5. The smallest absolute Gasteiger partial charge is 0.308 e. The van der Waals surface area contributed by atoms with Crippen molar-refractivity contribution in [2.75, 3.05) is 13.1 Å². The van der Waals surface area contributed by atoms with E-state index in [9.17, 15) is 9.18 Å². The van der Waals surface area contributed by atoms with E-state index in [0.29, 0.717) is 23.1 Å². The summed E-state index contributed by atoms with van der Waals surface area (Å²) in [6.45, 7) is 5.02. The molecule has 0 bridgehead atoms. The fourth-order valence-corrected chi connectivity index (χ4v) is 3.01. The van der Waals surface area contributed by atoms with Crippen LogP contribution in [0.25, 0.3) is 0 Å². The minimum atomic E-state index is -0.765. The van der Waals surface area contributed by atoms with Crippen LogP contribution in [0.3, 0.4) is 0 Å². The Morgan fingerprint density at radius 3 is 2.74 bits per heavy atom. The molecule has 2 rings (SSSR count). The monoisotopic (exact) mass is 329 g/mol. The molecule has 1 aromatic carbocycles. The number of hydrogen-bond donors (Lipinski definition) is 1. The summed E-state index contributed by atoms with van der Waals surface area (Å²) in [6, 6.07) is 4.89. The number of carboxylic acid groups (broad SMARTS) is 1. The number of hydrogen-bond acceptors (Lipinski definition) is 2. The maximum absolute atomic E-state index is 13.9. The van der Waals surface area contributed by atoms with E-state index in [-0.39, 0.29) is 23.7 Å². The van der Waals surface area contributed by atoms with Crippen molar-refractivity contribution in [1.29, 1.82) is 0 Å². The second-order valence-corrected chi connectivity index (χ2v) is 6.13. The molecule has 3 nitrogen and oxygen atoms in total. The van der Waals surface area contributed by atoms with Crippen LogP contribution in [0.1, 0.15) is 25.5 Å². The van der Waals surface area contributed by atoms with Crippen LogP contribution in [-0.4, -0.2) is 29.1 Å². The molecule has 1 aliphatic rings. The topological polar surface area (TPSA) is 40.5 Å². The van der Waals surface area contributed by atoms with E-state index < -0.39 is 5.97 Å². The average molecular weight is 330 g/mol. The molecule has 0 saturated carbocycles. The van der Waals surface area contributed by atoms with Crippen molar-refractivity contribution in [2.45, 2.75) is 19.9 Å². The van der Waals surface area contributed by atoms with Crippen LogP contribution in [0, 0.1) is 17.7 Å². The van der Waals surface area contributed by atoms with Crippen molar-refractivity contribution in [3.63, 3.8) is 0 Å². The van der Waals surface area contributed by atoms with Crippen molar-refractivity contribution in [1.82, 2.24) is 4.90 Å². The van der Waals surface area contributed by atoms with E-state index in [2.05, 4.69) is 15.9 Å². The molecule has 5 heteroatoms. The Labute approximate surface area is 120 Å². The second kappa shape index (κ2) is 5.59. The van der Waals surface area contributed by atoms with Gasteiger partial charge in [0.15, 0.2) is 0 Å². The van der Waals surface area contributed by atoms with Crippen LogP contribution in [0.15, 0.2) is 22.7 Å². The standard InChI is InChI=1S/C14H17BrFNO2/c1-8-6-17(7-12(8)14(18)19)9(2)11-4-3-10(15)5-13(11)16/h3-5,8-9,12H,6-7H2,1-2H3,(H,18,19)/t8-,9?,12-/m1/s1. The summed E-state index contributed by atoms with van der Waals surface area (Å²) in [5.74, 6) is -1.29. The van der Waals surface area contributed by atoms with Gasteiger partial charge in [-0.3, -0.25) is 9.69 Å². The van der Waals surface area contributed by atoms with E-state index in [4.69, 9.17) is 5.11 Å². The van der Waals surface area contributed by atoms with Crippen molar-refractivity contribution in [2.24, 2.45) is 11.8 Å². The molecule has 0 amide bonds. The summed E-state index contributed by atoms with van der Waals surface area (Å²) in [6.07, 6.45) is 0. The lowest BCUT2D eigenvalue weighted by Crippen LogP contribution is -2.26. The first-order valence-corrected chi connectivity index (χ1v) is 7.11. The van der Waals surface area contributed by atoms with Gasteiger partial charge in [0.1, 0.15) is 5.82 Å². The molecule has 3 atom stereocenters. The predicted molar refractivity (Wildman–Crippen MR) is 74.4 cm³/mol. The molecule has 1 unspecified atom stereocenters. The van der Waals surface area contributed by atoms with Gasteiger partial charge in [-0.1, -0.05) is 28.9 Å². The van der Waals surface area contributed by atoms with Crippen molar-refractivity contribution >= 4 is 21.9 Å². The summed E-state index contributed by atoms with van der Waals surface area (Å²) < 4.78 is 14.6. The van der Waals surface area contributed by atoms with Crippen LogP contribution >= 0.6 is 15.9 Å². The molecule has 0 spiro atoms. The van der Waals surface area contributed by atoms with Gasteiger partial charge in [0, 0.05) is 29.2 Å². The van der Waals surface area contributed by atoms with Crippen LogP contribution in [0.5, 0.6) is 0 Å². The van der Waals surface area contributed by atoms with E-state index in [1.807, 2.05) is 24.8 Å². The van der Waals surface area contributed by atoms with Gasteiger partial charge in [0.05, 0.1) is 5.92 Å². The van der Waals surface area contributed by atoms with E-state index in [1.165, 1.54) is 6.07 Å². The van der Waals surface area contributed by atoms with E-state index in [0.717, 1.165) is 0 Å². The lowest BCUT2D eigenvalue weighted by Gasteiger charge is -2.25. The van der Waals surface area contributed by atoms with Gasteiger partial charge in [-0.05, 0) is 25.0 Å². The molecule has 1 fully saturated rings. The number of likely N-dealkylation sites (tertiary alicyclic amines) is 1. The quantitative estimate of drug-likeness (QED) is 0.924. The zero-order chi connectivity index (χ0) is 14.2. The maximum atomic E-state index is 13.9. The first-order valence-electron chi connectivity index (χ1n) is 6.32. The zero-order valence-electron chi connectivity index (χ0n) is 10.9. The Bertz CT molecular complexity index is 494. The SMILES string of the molecule is CC(c1ccc(Br)cc1F)N1C[C@@H](C)[C@H](C(=O)O)C1. The fraction of sp³-hybridized carbons (Fsp3) is 0.500. The van der Waals surface area contributed by atoms with Gasteiger partial charge in [-0.25, -0.2) is 4.39 Å². The average Bonchev–Trinajstić information content (AvgIpc) is 2.70. The van der Waals surface area contributed by atoms with Crippen molar-refractivity contribution in [3.8, 4) is 0 Å². The lowest BCUT2D eigenvalue weighted by atomic mass is 9.99. The summed E-state index contributed by atoms with van der Waals surface area (Å²) in [5, 5.41) is 9.14. The van der Waals surface area contributed by atoms with Crippen LogP contribution in [0.2, 0.25) is 0 Å². The number of nitrogens with zero attached hydrogens (tertiary/aromatic N) is 1. The highest BCUT2D eigenvalue weighted by atomic mass is 79.9. The Morgan fingerprint density at radius 2 is 2.21 bits per heavy atom. The number of carboxylic acids is 1. The summed E-state index contributed by atoms with van der Waals surface area (Å²) in [5.41, 5.74) is 0.612. The fourth-order valence-electron chi connectivity index (χ4n) is 2.68. The molecule has 0 radical (unpaired) electrons. The lowest BCUT2D eigenvalue weighted by molar-refractivity contribution is -0.142. The number of halogens is 2. The van der Waals surface area contributed by atoms with Gasteiger partial charge >= 0.3 is 5.97 Å². The summed E-state index contributed by atoms with van der Waals surface area (Å²) in [4.78, 5) is 13.2. The Morgan fingerprint density at radius 1 is 1.53 bits per heavy atom. The van der Waals surface area contributed by atoms with Gasteiger partial charge in [-0.15, -0.1) is 0 Å². The molecule has 0 aliphatic carbocycles. The molecule has 1 saturated heterocycles. The second-order valence-electron chi connectivity index (χ2n) is 5.22. The van der Waals surface area contributed by atoms with E-state index >= 15 is 0 Å². The normalized spacial score (nSPS) is 25.5. The third-order valence-electron chi connectivity index (χ3n) is 3.92. The summed E-state index contributed by atoms with van der Waals surface area (Å²) in [7, 11) is 0. The highest BCUT2D eigenvalue weighted by Gasteiger charge is 2.37. The molecule has 1 heterocycles. The number of aliphatic carboxylic acids is 1. The molecule has 0 aromatic heterocycles. The third kappa shape index (κ3) is 2.98. The van der Waals surface area contributed by atoms with Gasteiger partial charge in [0.2, 0.25) is 0 Å². The molecule has 1 N–H and O–H groups in total. The first-order chi connectivity index (χ1) is 8.90. The van der Waals surface area contributed by atoms with Crippen molar-refractivity contribution < 1.29 is 14.3 Å². The minimum absolute atomic E-state index is 0.0958. The van der Waals surface area contributed by atoms with Crippen LogP contribution in [0.4, 0.5) is 4.39 Å². The first kappa shape index (κ1) is 14.5. The van der Waals surface area contributed by atoms with Crippen molar-refractivity contribution in [3.05, 3.63) is 34.1 Å². The Balaban J connectivity index is 2.17. The highest BCUT2D eigenvalue weighted by Crippen LogP contribution is 2.32. The van der Waals surface area contributed by atoms with Crippen LogP contribution < -0.4 is 0 Å². The minimum Gasteiger partial charge on any atom is -0.481 e. The third-order valence-corrected chi connectivity index (χ3v) is 4.41. The largest absolute Gasteiger partial charge is 0.481 e. The molecule has 1 aliphatic heterocycles. The van der Waals surface area contributed by atoms with Gasteiger partial charge in [-0.2, -0.15) is 0 Å². The molecule has 19 heavy (non-hydrogen) atoms. The number of rotatable bonds is 3. The number of benzene rings is 1. The summed E-state index contributed by atoms with van der Waals surface area (Å²) >= 11 is 3.24. The number of carbonyl (C=O) groups is 1. The Hall–Kier alpha value is -0.940. The van der Waals surface area contributed by atoms with Gasteiger partial charge in [0.25, 0.3) is 0 Å². The molecule has 1 aromatic rings. The van der Waals surface area contributed by atoms with E-state index in [1.54, 1.807) is 6.07 Å². The maximum Gasteiger partial charge on any atom is 0.308 e.